The van der Waals surface area contributed by atoms with Crippen molar-refractivity contribution >= 4 is 5.91 Å². The van der Waals surface area contributed by atoms with E-state index in [-0.39, 0.29) is 5.91 Å². The second-order valence-electron chi connectivity index (χ2n) is 6.25. The van der Waals surface area contributed by atoms with Crippen LogP contribution >= 0.6 is 0 Å². The van der Waals surface area contributed by atoms with Crippen LogP contribution < -0.4 is 4.74 Å². The number of hydrogen-bond donors (Lipinski definition) is 0. The summed E-state index contributed by atoms with van der Waals surface area (Å²) in [5, 5.41) is 0. The smallest absolute Gasteiger partial charge is 0.254 e. The number of carbonyl (C=O) groups is 1. The Labute approximate surface area is 147 Å². The van der Waals surface area contributed by atoms with Crippen LogP contribution in [0.3, 0.4) is 0 Å². The Hall–Kier alpha value is -3.01. The maximum absolute atomic E-state index is 13.0. The molecule has 1 aliphatic heterocycles. The molecule has 4 rings (SSSR count). The number of ether oxygens (including phenoxy) is 1. The van der Waals surface area contributed by atoms with Crippen LogP contribution in [0.4, 0.5) is 0 Å². The van der Waals surface area contributed by atoms with E-state index in [1.165, 1.54) is 11.1 Å². The molecule has 0 unspecified atom stereocenters. The number of carbonyl (C=O) groups excluding carboxylic acids is 1. The zero-order valence-electron chi connectivity index (χ0n) is 14.2. The van der Waals surface area contributed by atoms with Crippen LogP contribution in [-0.2, 0) is 13.0 Å². The molecule has 126 valence electrons. The normalized spacial score (nSPS) is 13.4. The second-order valence-corrected chi connectivity index (χ2v) is 6.25. The monoisotopic (exact) mass is 332 g/mol. The number of benzene rings is 2. The van der Waals surface area contributed by atoms with Crippen LogP contribution in [-0.4, -0.2) is 29.0 Å². The van der Waals surface area contributed by atoms with E-state index < -0.39 is 0 Å². The highest BCUT2D eigenvalue weighted by Gasteiger charge is 2.22. The molecule has 1 aliphatic rings. The molecule has 0 aliphatic carbocycles. The lowest BCUT2D eigenvalue weighted by Crippen LogP contribution is -2.36. The molecule has 0 saturated heterocycles. The van der Waals surface area contributed by atoms with Crippen molar-refractivity contribution < 1.29 is 9.53 Å². The van der Waals surface area contributed by atoms with Gasteiger partial charge in [-0.2, -0.15) is 0 Å². The Bertz CT molecular complexity index is 900. The maximum atomic E-state index is 13.0. The largest absolute Gasteiger partial charge is 0.497 e. The minimum Gasteiger partial charge on any atom is -0.497 e. The van der Waals surface area contributed by atoms with Crippen LogP contribution in [0.2, 0.25) is 0 Å². The molecule has 0 saturated carbocycles. The zero-order chi connectivity index (χ0) is 17.2. The number of amides is 1. The van der Waals surface area contributed by atoms with Crippen LogP contribution in [0.5, 0.6) is 5.75 Å². The van der Waals surface area contributed by atoms with Crippen molar-refractivity contribution in [2.24, 2.45) is 0 Å². The molecule has 2 heterocycles. The molecule has 4 heteroatoms. The van der Waals surface area contributed by atoms with Gasteiger partial charge >= 0.3 is 0 Å². The number of fused-ring (bicyclic) bond motifs is 1. The number of hydrogen-bond acceptors (Lipinski definition) is 2. The molecular weight excluding hydrogens is 312 g/mol. The van der Waals surface area contributed by atoms with E-state index in [4.69, 9.17) is 4.74 Å². The number of rotatable bonds is 3. The van der Waals surface area contributed by atoms with E-state index >= 15 is 0 Å². The Morgan fingerprint density at radius 1 is 1.00 bits per heavy atom. The lowest BCUT2D eigenvalue weighted by Gasteiger charge is -2.29. The summed E-state index contributed by atoms with van der Waals surface area (Å²) in [5.74, 6) is 0.908. The lowest BCUT2D eigenvalue weighted by atomic mass is 9.98. The fraction of sp³-hybridized carbons (Fsp3) is 0.190. The van der Waals surface area contributed by atoms with Gasteiger partial charge in [0.15, 0.2) is 0 Å². The highest BCUT2D eigenvalue weighted by molar-refractivity contribution is 5.95. The first-order valence-electron chi connectivity index (χ1n) is 8.43. The summed E-state index contributed by atoms with van der Waals surface area (Å²) in [6.07, 6.45) is 4.84. The van der Waals surface area contributed by atoms with Gasteiger partial charge in [-0.05, 0) is 60.0 Å². The van der Waals surface area contributed by atoms with Gasteiger partial charge in [-0.15, -0.1) is 0 Å². The second kappa shape index (κ2) is 6.48. The van der Waals surface area contributed by atoms with Crippen molar-refractivity contribution in [3.63, 3.8) is 0 Å². The Balaban J connectivity index is 1.58. The standard InChI is InChI=1S/C21H20N2O2/c1-25-20-8-7-16-9-12-23(15-18(16)14-20)21(24)17-5-4-6-19(13-17)22-10-2-3-11-22/h2-8,10-11,13-14H,9,12,15H2,1H3. The van der Waals surface area contributed by atoms with Crippen molar-refractivity contribution in [2.75, 3.05) is 13.7 Å². The maximum Gasteiger partial charge on any atom is 0.254 e. The fourth-order valence-corrected chi connectivity index (χ4v) is 3.32. The van der Waals surface area contributed by atoms with Crippen molar-refractivity contribution in [1.29, 1.82) is 0 Å². The first-order valence-corrected chi connectivity index (χ1v) is 8.43. The molecule has 0 fully saturated rings. The SMILES string of the molecule is COc1ccc2c(c1)CN(C(=O)c1cccc(-n3cccc3)c1)CC2. The van der Waals surface area contributed by atoms with Crippen LogP contribution in [0.15, 0.2) is 67.0 Å². The summed E-state index contributed by atoms with van der Waals surface area (Å²) in [5.41, 5.74) is 4.18. The molecule has 25 heavy (non-hydrogen) atoms. The third-order valence-electron chi connectivity index (χ3n) is 4.71. The predicted molar refractivity (Wildman–Crippen MR) is 97.2 cm³/mol. The first-order chi connectivity index (χ1) is 12.2. The Morgan fingerprint density at radius 3 is 2.64 bits per heavy atom. The van der Waals surface area contributed by atoms with E-state index in [2.05, 4.69) is 6.07 Å². The summed E-state index contributed by atoms with van der Waals surface area (Å²) in [6.45, 7) is 1.37. The van der Waals surface area contributed by atoms with Gasteiger partial charge in [0.2, 0.25) is 0 Å². The minimum absolute atomic E-state index is 0.0717. The third-order valence-corrected chi connectivity index (χ3v) is 4.71. The average molecular weight is 332 g/mol. The molecule has 0 N–H and O–H groups in total. The van der Waals surface area contributed by atoms with Crippen LogP contribution in [0, 0.1) is 0 Å². The summed E-state index contributed by atoms with van der Waals surface area (Å²) < 4.78 is 7.32. The molecule has 0 atom stereocenters. The highest BCUT2D eigenvalue weighted by atomic mass is 16.5. The quantitative estimate of drug-likeness (QED) is 0.733. The van der Waals surface area contributed by atoms with Gasteiger partial charge in [-0.3, -0.25) is 4.79 Å². The topological polar surface area (TPSA) is 34.5 Å². The van der Waals surface area contributed by atoms with E-state index in [1.54, 1.807) is 7.11 Å². The van der Waals surface area contributed by atoms with Gasteiger partial charge in [-0.25, -0.2) is 0 Å². The highest BCUT2D eigenvalue weighted by Crippen LogP contribution is 2.25. The van der Waals surface area contributed by atoms with Crippen molar-refractivity contribution in [1.82, 2.24) is 9.47 Å². The Morgan fingerprint density at radius 2 is 1.84 bits per heavy atom. The van der Waals surface area contributed by atoms with Crippen LogP contribution in [0.1, 0.15) is 21.5 Å². The summed E-state index contributed by atoms with van der Waals surface area (Å²) in [4.78, 5) is 14.9. The van der Waals surface area contributed by atoms with Gasteiger partial charge in [0.1, 0.15) is 5.75 Å². The Kier molecular flexibility index (Phi) is 4.02. The van der Waals surface area contributed by atoms with E-state index in [0.717, 1.165) is 30.0 Å². The molecule has 1 aromatic heterocycles. The number of aromatic nitrogens is 1. The summed E-state index contributed by atoms with van der Waals surface area (Å²) in [6, 6.07) is 17.8. The van der Waals surface area contributed by atoms with Gasteiger partial charge in [0, 0.05) is 36.7 Å². The van der Waals surface area contributed by atoms with Gasteiger partial charge in [0.25, 0.3) is 5.91 Å². The van der Waals surface area contributed by atoms with Crippen molar-refractivity contribution in [3.8, 4) is 11.4 Å². The summed E-state index contributed by atoms with van der Waals surface area (Å²) in [7, 11) is 1.67. The van der Waals surface area contributed by atoms with E-state index in [1.807, 2.05) is 70.4 Å². The van der Waals surface area contributed by atoms with Gasteiger partial charge < -0.3 is 14.2 Å². The molecule has 0 radical (unpaired) electrons. The van der Waals surface area contributed by atoms with Crippen LogP contribution in [0.25, 0.3) is 5.69 Å². The van der Waals surface area contributed by atoms with Gasteiger partial charge in [-0.1, -0.05) is 12.1 Å². The number of nitrogens with zero attached hydrogens (tertiary/aromatic N) is 2. The molecule has 0 bridgehead atoms. The lowest BCUT2D eigenvalue weighted by molar-refractivity contribution is 0.0734. The third kappa shape index (κ3) is 3.03. The van der Waals surface area contributed by atoms with E-state index in [9.17, 15) is 4.79 Å². The molecule has 4 nitrogen and oxygen atoms in total. The van der Waals surface area contributed by atoms with Crippen molar-refractivity contribution in [2.45, 2.75) is 13.0 Å². The predicted octanol–water partition coefficient (Wildman–Crippen LogP) is 3.68. The zero-order valence-corrected chi connectivity index (χ0v) is 14.2. The molecule has 1 amide bonds. The summed E-state index contributed by atoms with van der Waals surface area (Å²) >= 11 is 0. The number of methoxy groups -OCH3 is 1. The molecule has 3 aromatic rings. The van der Waals surface area contributed by atoms with Gasteiger partial charge in [0.05, 0.1) is 7.11 Å². The van der Waals surface area contributed by atoms with Crippen molar-refractivity contribution in [3.05, 3.63) is 83.7 Å². The molecule has 0 spiro atoms. The first kappa shape index (κ1) is 15.5. The molecule has 2 aromatic carbocycles. The molecular formula is C21H20N2O2. The van der Waals surface area contributed by atoms with E-state index in [0.29, 0.717) is 6.54 Å². The average Bonchev–Trinajstić information content (AvgIpc) is 3.21. The minimum atomic E-state index is 0.0717. The fourth-order valence-electron chi connectivity index (χ4n) is 3.32.